The van der Waals surface area contributed by atoms with Gasteiger partial charge >= 0.3 is 6.09 Å². The van der Waals surface area contributed by atoms with Gasteiger partial charge in [0.25, 0.3) is 5.91 Å². The van der Waals surface area contributed by atoms with Crippen LogP contribution in [0.2, 0.25) is 5.02 Å². The van der Waals surface area contributed by atoms with Crippen LogP contribution in [0.1, 0.15) is 42.3 Å². The number of likely N-dealkylation sites (tertiary alicyclic amines) is 1. The summed E-state index contributed by atoms with van der Waals surface area (Å²) in [6, 6.07) is 20.1. The van der Waals surface area contributed by atoms with Crippen molar-refractivity contribution in [2.75, 3.05) is 20.2 Å². The Morgan fingerprint density at radius 1 is 1.03 bits per heavy atom. The fourth-order valence-corrected chi connectivity index (χ4v) is 4.61. The molecule has 1 saturated heterocycles. The van der Waals surface area contributed by atoms with E-state index in [0.29, 0.717) is 22.1 Å². The third kappa shape index (κ3) is 6.42. The molecule has 0 aromatic heterocycles. The molecule has 3 aromatic carbocycles. The number of nitrogens with zero attached hydrogens (tertiary/aromatic N) is 1. The van der Waals surface area contributed by atoms with Crippen molar-refractivity contribution < 1.29 is 23.8 Å². The van der Waals surface area contributed by atoms with Crippen molar-refractivity contribution >= 4 is 39.5 Å². The number of carbonyl (C=O) groups excluding carboxylic acids is 2. The molecule has 0 aliphatic carbocycles. The molecule has 0 unspecified atom stereocenters. The predicted molar refractivity (Wildman–Crippen MR) is 150 cm³/mol. The van der Waals surface area contributed by atoms with E-state index in [1.165, 1.54) is 7.11 Å². The van der Waals surface area contributed by atoms with Crippen molar-refractivity contribution in [2.24, 2.45) is 0 Å². The Bertz CT molecular complexity index is 1320. The normalized spacial score (nSPS) is 14.3. The first-order valence-electron chi connectivity index (χ1n) is 12.1. The molecule has 4 rings (SSSR count). The summed E-state index contributed by atoms with van der Waals surface area (Å²) in [6.45, 7) is 6.29. The van der Waals surface area contributed by atoms with Crippen LogP contribution in [0.4, 0.5) is 4.79 Å². The Morgan fingerprint density at radius 3 is 2.34 bits per heavy atom. The van der Waals surface area contributed by atoms with Gasteiger partial charge in [0.15, 0.2) is 11.5 Å². The second kappa shape index (κ2) is 11.3. The molecule has 0 spiro atoms. The number of carbonyl (C=O) groups is 2. The van der Waals surface area contributed by atoms with E-state index < -0.39 is 17.2 Å². The second-order valence-corrected chi connectivity index (χ2v) is 11.4. The summed E-state index contributed by atoms with van der Waals surface area (Å²) in [5, 5.41) is 3.76. The van der Waals surface area contributed by atoms with Crippen molar-refractivity contribution in [3.63, 3.8) is 0 Å². The molecule has 7 nitrogen and oxygen atoms in total. The first-order valence-corrected chi connectivity index (χ1v) is 13.3. The van der Waals surface area contributed by atoms with E-state index in [9.17, 15) is 9.59 Å². The number of halogens is 2. The lowest BCUT2D eigenvalue weighted by Gasteiger charge is -2.50. The van der Waals surface area contributed by atoms with E-state index in [0.717, 1.165) is 15.6 Å². The minimum absolute atomic E-state index is 0.259. The van der Waals surface area contributed by atoms with Gasteiger partial charge in [0.05, 0.1) is 20.2 Å². The molecule has 9 heteroatoms. The van der Waals surface area contributed by atoms with Crippen LogP contribution in [0, 0.1) is 0 Å². The van der Waals surface area contributed by atoms with Crippen LogP contribution in [0.25, 0.3) is 0 Å². The zero-order valence-electron chi connectivity index (χ0n) is 21.7. The Kier molecular flexibility index (Phi) is 8.23. The summed E-state index contributed by atoms with van der Waals surface area (Å²) >= 11 is 9.69. The molecule has 0 bridgehead atoms. The zero-order valence-corrected chi connectivity index (χ0v) is 24.1. The van der Waals surface area contributed by atoms with Gasteiger partial charge < -0.3 is 24.4 Å². The molecule has 2 amide bonds. The van der Waals surface area contributed by atoms with Crippen LogP contribution in [0.3, 0.4) is 0 Å². The van der Waals surface area contributed by atoms with Crippen LogP contribution >= 0.6 is 27.5 Å². The van der Waals surface area contributed by atoms with E-state index in [4.69, 9.17) is 25.8 Å². The van der Waals surface area contributed by atoms with Crippen molar-refractivity contribution in [1.29, 1.82) is 0 Å². The number of nitrogens with one attached hydrogen (secondary N) is 1. The molecule has 0 saturated carbocycles. The maximum Gasteiger partial charge on any atom is 0.410 e. The fraction of sp³-hybridized carbons (Fsp3) is 0.310. The van der Waals surface area contributed by atoms with Crippen molar-refractivity contribution in [3.05, 3.63) is 92.9 Å². The lowest BCUT2D eigenvalue weighted by atomic mass is 9.82. The second-order valence-electron chi connectivity index (χ2n) is 10.1. The minimum atomic E-state index is -0.763. The van der Waals surface area contributed by atoms with Gasteiger partial charge in [0.2, 0.25) is 0 Å². The molecule has 1 aliphatic rings. The molecule has 1 fully saturated rings. The molecule has 200 valence electrons. The summed E-state index contributed by atoms with van der Waals surface area (Å²) in [5.74, 6) is 0.616. The van der Waals surface area contributed by atoms with Gasteiger partial charge in [0.1, 0.15) is 17.7 Å². The van der Waals surface area contributed by atoms with E-state index >= 15 is 0 Å². The number of methoxy groups -OCH3 is 1. The lowest BCUT2D eigenvalue weighted by Crippen LogP contribution is -2.69. The Hall–Kier alpha value is -3.23. The van der Waals surface area contributed by atoms with Crippen LogP contribution < -0.4 is 14.8 Å². The standard InChI is InChI=1S/C29H30BrClN2O5/c1-28(2,3)38-27(35)33-17-29(18-33,21-10-12-22(30)13-11-21)32-26(34)19-9-14-24(25(15-19)36-4)37-16-20-7-5-6-8-23(20)31/h5-15H,16-18H2,1-4H3,(H,32,34). The summed E-state index contributed by atoms with van der Waals surface area (Å²) in [5.41, 5.74) is 0.762. The highest BCUT2D eigenvalue weighted by atomic mass is 79.9. The average Bonchev–Trinajstić information content (AvgIpc) is 2.84. The smallest absolute Gasteiger partial charge is 0.410 e. The summed E-state index contributed by atoms with van der Waals surface area (Å²) in [6.07, 6.45) is -0.416. The molecular formula is C29H30BrClN2O5. The van der Waals surface area contributed by atoms with E-state index in [-0.39, 0.29) is 25.6 Å². The summed E-state index contributed by atoms with van der Waals surface area (Å²) < 4.78 is 17.9. The predicted octanol–water partition coefficient (Wildman–Crippen LogP) is 6.57. The largest absolute Gasteiger partial charge is 0.493 e. The van der Waals surface area contributed by atoms with E-state index in [1.807, 2.05) is 63.2 Å². The number of ether oxygens (including phenoxy) is 3. The van der Waals surface area contributed by atoms with Gasteiger partial charge in [0, 0.05) is 20.6 Å². The third-order valence-corrected chi connectivity index (χ3v) is 6.99. The molecule has 0 radical (unpaired) electrons. The third-order valence-electron chi connectivity index (χ3n) is 6.09. The molecule has 1 aliphatic heterocycles. The van der Waals surface area contributed by atoms with Crippen LogP contribution in [0.5, 0.6) is 11.5 Å². The number of hydrogen-bond acceptors (Lipinski definition) is 5. The van der Waals surface area contributed by atoms with Gasteiger partial charge in [-0.2, -0.15) is 0 Å². The van der Waals surface area contributed by atoms with Crippen molar-refractivity contribution in [3.8, 4) is 11.5 Å². The monoisotopic (exact) mass is 600 g/mol. The molecule has 38 heavy (non-hydrogen) atoms. The molecule has 3 aromatic rings. The molecule has 1 N–H and O–H groups in total. The van der Waals surface area contributed by atoms with Gasteiger partial charge in [-0.15, -0.1) is 0 Å². The zero-order chi connectivity index (χ0) is 27.5. The first-order chi connectivity index (χ1) is 18.0. The molecule has 1 heterocycles. The highest BCUT2D eigenvalue weighted by Crippen LogP contribution is 2.35. The highest BCUT2D eigenvalue weighted by molar-refractivity contribution is 9.10. The van der Waals surface area contributed by atoms with Gasteiger partial charge in [-0.05, 0) is 62.7 Å². The van der Waals surface area contributed by atoms with E-state index in [2.05, 4.69) is 21.2 Å². The Morgan fingerprint density at radius 2 is 1.71 bits per heavy atom. The van der Waals surface area contributed by atoms with Gasteiger partial charge in [-0.1, -0.05) is 57.9 Å². The Labute approximate surface area is 236 Å². The quantitative estimate of drug-likeness (QED) is 0.332. The van der Waals surface area contributed by atoms with Crippen molar-refractivity contribution in [2.45, 2.75) is 38.5 Å². The maximum atomic E-state index is 13.4. The average molecular weight is 602 g/mol. The summed E-state index contributed by atoms with van der Waals surface area (Å²) in [4.78, 5) is 27.6. The first kappa shape index (κ1) is 27.8. The van der Waals surface area contributed by atoms with Gasteiger partial charge in [-0.25, -0.2) is 4.79 Å². The van der Waals surface area contributed by atoms with Crippen LogP contribution in [-0.2, 0) is 16.9 Å². The molecule has 0 atom stereocenters. The van der Waals surface area contributed by atoms with Crippen LogP contribution in [0.15, 0.2) is 71.2 Å². The maximum absolute atomic E-state index is 13.4. The minimum Gasteiger partial charge on any atom is -0.493 e. The number of amides is 2. The van der Waals surface area contributed by atoms with E-state index in [1.54, 1.807) is 29.2 Å². The topological polar surface area (TPSA) is 77.1 Å². The molecular weight excluding hydrogens is 572 g/mol. The van der Waals surface area contributed by atoms with Crippen molar-refractivity contribution in [1.82, 2.24) is 10.2 Å². The fourth-order valence-electron chi connectivity index (χ4n) is 4.15. The van der Waals surface area contributed by atoms with Crippen LogP contribution in [-0.4, -0.2) is 42.7 Å². The lowest BCUT2D eigenvalue weighted by molar-refractivity contribution is -0.0168. The number of benzene rings is 3. The van der Waals surface area contributed by atoms with Gasteiger partial charge in [-0.3, -0.25) is 4.79 Å². The Balaban J connectivity index is 1.52. The SMILES string of the molecule is COc1cc(C(=O)NC2(c3ccc(Br)cc3)CN(C(=O)OC(C)(C)C)C2)ccc1OCc1ccccc1Cl. The number of hydrogen-bond donors (Lipinski definition) is 1. The number of rotatable bonds is 7. The highest BCUT2D eigenvalue weighted by Gasteiger charge is 2.49. The summed E-state index contributed by atoms with van der Waals surface area (Å²) in [7, 11) is 1.52.